The Kier molecular flexibility index (Phi) is 3.85. The number of rotatable bonds is 4. The lowest BCUT2D eigenvalue weighted by molar-refractivity contribution is -0.105. The molecule has 20 heavy (non-hydrogen) atoms. The van der Waals surface area contributed by atoms with Gasteiger partial charge in [-0.25, -0.2) is 0 Å². The topological polar surface area (TPSA) is 32.3 Å². The van der Waals surface area contributed by atoms with Crippen molar-refractivity contribution in [2.45, 2.75) is 13.3 Å². The third-order valence-corrected chi connectivity index (χ3v) is 4.93. The molecule has 0 atom stereocenters. The molecule has 1 aromatic carbocycles. The SMILES string of the molecule is CCN1CC=C(c2csc3c(NC=O)cccc23)CC1. The second-order valence-electron chi connectivity index (χ2n) is 4.97. The number of likely N-dealkylation sites (N-methyl/N-ethyl adjacent to an activating group) is 1. The highest BCUT2D eigenvalue weighted by atomic mass is 32.1. The van der Waals surface area contributed by atoms with E-state index in [4.69, 9.17) is 0 Å². The highest BCUT2D eigenvalue weighted by Crippen LogP contribution is 2.37. The zero-order chi connectivity index (χ0) is 13.9. The van der Waals surface area contributed by atoms with E-state index in [0.717, 1.165) is 42.9 Å². The van der Waals surface area contributed by atoms with Gasteiger partial charge < -0.3 is 5.32 Å². The molecule has 0 saturated heterocycles. The van der Waals surface area contributed by atoms with Crippen LogP contribution >= 0.6 is 11.3 Å². The molecule has 2 aromatic rings. The average Bonchev–Trinajstić information content (AvgIpc) is 2.93. The second-order valence-corrected chi connectivity index (χ2v) is 5.85. The molecule has 1 aliphatic rings. The largest absolute Gasteiger partial charge is 0.327 e. The lowest BCUT2D eigenvalue weighted by atomic mass is 9.98. The van der Waals surface area contributed by atoms with Gasteiger partial charge in [-0.1, -0.05) is 25.1 Å². The minimum Gasteiger partial charge on any atom is -0.327 e. The Morgan fingerprint density at radius 1 is 1.45 bits per heavy atom. The van der Waals surface area contributed by atoms with Crippen LogP contribution in [0.15, 0.2) is 29.7 Å². The lowest BCUT2D eigenvalue weighted by Crippen LogP contribution is -2.27. The minimum atomic E-state index is 0.743. The van der Waals surface area contributed by atoms with E-state index < -0.39 is 0 Å². The Hall–Kier alpha value is -1.65. The van der Waals surface area contributed by atoms with Gasteiger partial charge in [-0.3, -0.25) is 9.69 Å². The first kappa shape index (κ1) is 13.3. The van der Waals surface area contributed by atoms with Gasteiger partial charge >= 0.3 is 0 Å². The number of benzene rings is 1. The third-order valence-electron chi connectivity index (χ3n) is 3.90. The summed E-state index contributed by atoms with van der Waals surface area (Å²) < 4.78 is 1.16. The first-order chi connectivity index (χ1) is 9.83. The number of hydrogen-bond donors (Lipinski definition) is 1. The fraction of sp³-hybridized carbons (Fsp3) is 0.312. The monoisotopic (exact) mass is 286 g/mol. The van der Waals surface area contributed by atoms with E-state index >= 15 is 0 Å². The second kappa shape index (κ2) is 5.77. The molecule has 1 amide bonds. The number of hydrogen-bond acceptors (Lipinski definition) is 3. The molecule has 3 nitrogen and oxygen atoms in total. The van der Waals surface area contributed by atoms with Crippen LogP contribution in [0.1, 0.15) is 18.9 Å². The number of thiophene rings is 1. The van der Waals surface area contributed by atoms with Gasteiger partial charge in [0.05, 0.1) is 10.4 Å². The molecule has 3 rings (SSSR count). The van der Waals surface area contributed by atoms with Crippen molar-refractivity contribution in [1.29, 1.82) is 0 Å². The van der Waals surface area contributed by atoms with E-state index in [2.05, 4.69) is 34.7 Å². The van der Waals surface area contributed by atoms with Crippen molar-refractivity contribution in [3.8, 4) is 0 Å². The van der Waals surface area contributed by atoms with E-state index in [1.165, 1.54) is 16.5 Å². The van der Waals surface area contributed by atoms with Crippen molar-refractivity contribution >= 4 is 39.1 Å². The number of carbonyl (C=O) groups is 1. The average molecular weight is 286 g/mol. The quantitative estimate of drug-likeness (QED) is 0.871. The Balaban J connectivity index is 1.99. The molecule has 0 bridgehead atoms. The fourth-order valence-corrected chi connectivity index (χ4v) is 3.80. The zero-order valence-electron chi connectivity index (χ0n) is 11.6. The number of carbonyl (C=O) groups excluding carboxylic acids is 1. The summed E-state index contributed by atoms with van der Waals surface area (Å²) in [4.78, 5) is 13.1. The zero-order valence-corrected chi connectivity index (χ0v) is 12.4. The molecule has 0 spiro atoms. The van der Waals surface area contributed by atoms with Crippen LogP contribution in [0.2, 0.25) is 0 Å². The molecule has 0 fully saturated rings. The van der Waals surface area contributed by atoms with Crippen LogP contribution in [0.25, 0.3) is 15.7 Å². The molecule has 1 aliphatic heterocycles. The summed E-state index contributed by atoms with van der Waals surface area (Å²) in [7, 11) is 0. The van der Waals surface area contributed by atoms with Crippen LogP contribution in [-0.4, -0.2) is 30.9 Å². The number of nitrogens with one attached hydrogen (secondary N) is 1. The van der Waals surface area contributed by atoms with Crippen molar-refractivity contribution in [2.75, 3.05) is 25.0 Å². The van der Waals surface area contributed by atoms with E-state index in [-0.39, 0.29) is 0 Å². The molecule has 0 aliphatic carbocycles. The first-order valence-electron chi connectivity index (χ1n) is 6.95. The van der Waals surface area contributed by atoms with Gasteiger partial charge in [0.2, 0.25) is 6.41 Å². The van der Waals surface area contributed by atoms with Crippen LogP contribution in [0.3, 0.4) is 0 Å². The van der Waals surface area contributed by atoms with Crippen LogP contribution in [0.4, 0.5) is 5.69 Å². The summed E-state index contributed by atoms with van der Waals surface area (Å²) in [6.45, 7) is 5.49. The van der Waals surface area contributed by atoms with Gasteiger partial charge in [0.15, 0.2) is 0 Å². The van der Waals surface area contributed by atoms with Gasteiger partial charge in [0.25, 0.3) is 0 Å². The van der Waals surface area contributed by atoms with Gasteiger partial charge in [0.1, 0.15) is 0 Å². The molecule has 1 aromatic heterocycles. The Morgan fingerprint density at radius 3 is 3.05 bits per heavy atom. The summed E-state index contributed by atoms with van der Waals surface area (Å²) in [5.74, 6) is 0. The van der Waals surface area contributed by atoms with Crippen molar-refractivity contribution in [3.63, 3.8) is 0 Å². The van der Waals surface area contributed by atoms with Crippen molar-refractivity contribution in [2.24, 2.45) is 0 Å². The number of anilines is 1. The molecule has 1 N–H and O–H groups in total. The molecule has 104 valence electrons. The highest BCUT2D eigenvalue weighted by molar-refractivity contribution is 7.18. The predicted octanol–water partition coefficient (Wildman–Crippen LogP) is 3.58. The third kappa shape index (κ3) is 2.37. The maximum absolute atomic E-state index is 10.7. The van der Waals surface area contributed by atoms with E-state index in [1.807, 2.05) is 12.1 Å². The van der Waals surface area contributed by atoms with E-state index in [9.17, 15) is 4.79 Å². The molecule has 0 unspecified atom stereocenters. The molecule has 2 heterocycles. The van der Waals surface area contributed by atoms with Crippen LogP contribution in [-0.2, 0) is 4.79 Å². The highest BCUT2D eigenvalue weighted by Gasteiger charge is 2.15. The van der Waals surface area contributed by atoms with Crippen molar-refractivity contribution in [1.82, 2.24) is 4.90 Å². The summed E-state index contributed by atoms with van der Waals surface area (Å²) in [6.07, 6.45) is 4.19. The smallest absolute Gasteiger partial charge is 0.211 e. The maximum Gasteiger partial charge on any atom is 0.211 e. The standard InChI is InChI=1S/C16H18N2OS/c1-2-18-8-6-12(7-9-18)14-10-20-16-13(14)4-3-5-15(16)17-11-19/h3-6,10-11H,2,7-9H2,1H3,(H,17,19). The maximum atomic E-state index is 10.7. The van der Waals surface area contributed by atoms with Gasteiger partial charge in [-0.05, 0) is 35.5 Å². The Labute approximate surface area is 122 Å². The summed E-state index contributed by atoms with van der Waals surface area (Å²) >= 11 is 1.70. The van der Waals surface area contributed by atoms with Gasteiger partial charge in [0, 0.05) is 18.5 Å². The van der Waals surface area contributed by atoms with Crippen molar-refractivity contribution < 1.29 is 4.79 Å². The summed E-state index contributed by atoms with van der Waals surface area (Å²) in [5, 5.41) is 6.25. The number of amides is 1. The minimum absolute atomic E-state index is 0.743. The molecular weight excluding hydrogens is 268 g/mol. The normalized spacial score (nSPS) is 16.1. The fourth-order valence-electron chi connectivity index (χ4n) is 2.73. The molecule has 0 radical (unpaired) electrons. The Bertz CT molecular complexity index is 660. The predicted molar refractivity (Wildman–Crippen MR) is 86.2 cm³/mol. The van der Waals surface area contributed by atoms with Gasteiger partial charge in [-0.2, -0.15) is 0 Å². The van der Waals surface area contributed by atoms with Crippen LogP contribution in [0.5, 0.6) is 0 Å². The lowest BCUT2D eigenvalue weighted by Gasteiger charge is -2.24. The number of fused-ring (bicyclic) bond motifs is 1. The van der Waals surface area contributed by atoms with Crippen molar-refractivity contribution in [3.05, 3.63) is 35.2 Å². The van der Waals surface area contributed by atoms with Crippen LogP contribution < -0.4 is 5.32 Å². The van der Waals surface area contributed by atoms with E-state index in [0.29, 0.717) is 0 Å². The number of nitrogens with zero attached hydrogens (tertiary/aromatic N) is 1. The van der Waals surface area contributed by atoms with E-state index in [1.54, 1.807) is 11.3 Å². The van der Waals surface area contributed by atoms with Gasteiger partial charge in [-0.15, -0.1) is 11.3 Å². The summed E-state index contributed by atoms with van der Waals surface area (Å²) in [5.41, 5.74) is 3.67. The molecule has 4 heteroatoms. The molecular formula is C16H18N2OS. The summed E-state index contributed by atoms with van der Waals surface area (Å²) in [6, 6.07) is 6.10. The Morgan fingerprint density at radius 2 is 2.35 bits per heavy atom. The van der Waals surface area contributed by atoms with Crippen LogP contribution in [0, 0.1) is 0 Å². The molecule has 0 saturated carbocycles. The first-order valence-corrected chi connectivity index (χ1v) is 7.83.